The van der Waals surface area contributed by atoms with Crippen LogP contribution in [0, 0.1) is 5.82 Å². The molecule has 1 aromatic heterocycles. The van der Waals surface area contributed by atoms with Gasteiger partial charge in [-0.05, 0) is 26.0 Å². The molecule has 2 amide bonds. The third-order valence-corrected chi connectivity index (χ3v) is 4.68. The maximum atomic E-state index is 13.9. The molecular formula is C17H18FN5O3S. The highest BCUT2D eigenvalue weighted by Crippen LogP contribution is 2.24. The number of rotatable bonds is 6. The molecule has 3 N–H and O–H groups in total. The summed E-state index contributed by atoms with van der Waals surface area (Å²) in [5.74, 6) is -0.342. The van der Waals surface area contributed by atoms with E-state index in [1.165, 1.54) is 17.8 Å². The number of halogens is 1. The predicted molar refractivity (Wildman–Crippen MR) is 97.3 cm³/mol. The van der Waals surface area contributed by atoms with Crippen molar-refractivity contribution in [3.8, 4) is 11.4 Å². The average Bonchev–Trinajstić information content (AvgIpc) is 3.08. The van der Waals surface area contributed by atoms with E-state index in [9.17, 15) is 14.0 Å². The number of H-pyrrole nitrogens is 1. The number of esters is 1. The van der Waals surface area contributed by atoms with E-state index in [0.29, 0.717) is 27.8 Å². The summed E-state index contributed by atoms with van der Waals surface area (Å²) >= 11 is 1.21. The zero-order chi connectivity index (χ0) is 19.4. The minimum atomic E-state index is -0.491. The van der Waals surface area contributed by atoms with Crippen molar-refractivity contribution in [2.24, 2.45) is 0 Å². The standard InChI is InChI=1S/C17H18FN5O3S/c1-3-26-15(24)13-9(2)19-16(25)20-12(13)8-27-17-21-14(22-23-17)10-6-4-5-7-11(10)18/h4-7,9H,3,8H2,1-2H3,(H2,19,20,25)(H,21,22,23)/t9-/m0/s1. The number of ether oxygens (including phenoxy) is 1. The van der Waals surface area contributed by atoms with Gasteiger partial charge in [-0.3, -0.25) is 5.10 Å². The molecule has 0 aliphatic carbocycles. The molecule has 0 unspecified atom stereocenters. The molecule has 1 aliphatic rings. The van der Waals surface area contributed by atoms with Crippen LogP contribution < -0.4 is 10.6 Å². The minimum absolute atomic E-state index is 0.232. The Morgan fingerprint density at radius 3 is 2.89 bits per heavy atom. The third-order valence-electron chi connectivity index (χ3n) is 3.80. The van der Waals surface area contributed by atoms with Crippen molar-refractivity contribution in [2.45, 2.75) is 25.0 Å². The normalized spacial score (nSPS) is 16.7. The first kappa shape index (κ1) is 18.9. The van der Waals surface area contributed by atoms with Crippen molar-refractivity contribution in [3.63, 3.8) is 0 Å². The van der Waals surface area contributed by atoms with Crippen molar-refractivity contribution < 1.29 is 18.7 Å². The fourth-order valence-corrected chi connectivity index (χ4v) is 3.38. The summed E-state index contributed by atoms with van der Waals surface area (Å²) < 4.78 is 18.9. The molecule has 3 rings (SSSR count). The largest absolute Gasteiger partial charge is 0.463 e. The lowest BCUT2D eigenvalue weighted by atomic mass is 10.1. The zero-order valence-electron chi connectivity index (χ0n) is 14.7. The molecule has 0 fully saturated rings. The van der Waals surface area contributed by atoms with Crippen molar-refractivity contribution in [3.05, 3.63) is 41.4 Å². The molecule has 0 radical (unpaired) electrons. The number of aromatic nitrogens is 3. The van der Waals surface area contributed by atoms with Crippen LogP contribution in [0.3, 0.4) is 0 Å². The van der Waals surface area contributed by atoms with Gasteiger partial charge < -0.3 is 15.4 Å². The van der Waals surface area contributed by atoms with Crippen molar-refractivity contribution in [1.29, 1.82) is 0 Å². The molecule has 0 spiro atoms. The summed E-state index contributed by atoms with van der Waals surface area (Å²) in [4.78, 5) is 28.2. The second-order valence-corrected chi connectivity index (χ2v) is 6.61. The number of hydrogen-bond donors (Lipinski definition) is 3. The number of nitrogens with one attached hydrogen (secondary N) is 3. The number of carbonyl (C=O) groups excluding carboxylic acids is 2. The van der Waals surface area contributed by atoms with Gasteiger partial charge in [-0.2, -0.15) is 0 Å². The van der Waals surface area contributed by atoms with Gasteiger partial charge in [0.25, 0.3) is 0 Å². The predicted octanol–water partition coefficient (Wildman–Crippen LogP) is 2.22. The lowest BCUT2D eigenvalue weighted by Gasteiger charge is -2.26. The Bertz CT molecular complexity index is 898. The maximum absolute atomic E-state index is 13.9. The molecule has 27 heavy (non-hydrogen) atoms. The number of thioether (sulfide) groups is 1. The highest BCUT2D eigenvalue weighted by Gasteiger charge is 2.29. The van der Waals surface area contributed by atoms with Crippen LogP contribution in [0.25, 0.3) is 11.4 Å². The number of urea groups is 1. The number of carbonyl (C=O) groups is 2. The molecule has 8 nitrogen and oxygen atoms in total. The van der Waals surface area contributed by atoms with E-state index in [1.54, 1.807) is 32.0 Å². The minimum Gasteiger partial charge on any atom is -0.463 e. The molecule has 1 aliphatic heterocycles. The van der Waals surface area contributed by atoms with Crippen LogP contribution in [0.15, 0.2) is 40.7 Å². The summed E-state index contributed by atoms with van der Waals surface area (Å²) in [6.07, 6.45) is 0. The molecule has 1 atom stereocenters. The van der Waals surface area contributed by atoms with Gasteiger partial charge in [0.05, 0.1) is 23.8 Å². The van der Waals surface area contributed by atoms with Crippen LogP contribution in [-0.2, 0) is 9.53 Å². The van der Waals surface area contributed by atoms with E-state index < -0.39 is 23.9 Å². The Morgan fingerprint density at radius 1 is 1.37 bits per heavy atom. The number of benzene rings is 1. The summed E-state index contributed by atoms with van der Waals surface area (Å²) in [6, 6.07) is 5.36. The third kappa shape index (κ3) is 4.27. The van der Waals surface area contributed by atoms with Crippen LogP contribution in [0.4, 0.5) is 9.18 Å². The zero-order valence-corrected chi connectivity index (χ0v) is 15.5. The number of nitrogens with zero attached hydrogens (tertiary/aromatic N) is 2. The highest BCUT2D eigenvalue weighted by molar-refractivity contribution is 7.99. The van der Waals surface area contributed by atoms with E-state index in [2.05, 4.69) is 25.8 Å². The number of amides is 2. The van der Waals surface area contributed by atoms with E-state index in [4.69, 9.17) is 4.74 Å². The number of hydrogen-bond acceptors (Lipinski definition) is 6. The Labute approximate surface area is 159 Å². The lowest BCUT2D eigenvalue weighted by Crippen LogP contribution is -2.49. The quantitative estimate of drug-likeness (QED) is 0.515. The fraction of sp³-hybridized carbons (Fsp3) is 0.294. The van der Waals surface area contributed by atoms with Crippen molar-refractivity contribution in [2.75, 3.05) is 12.4 Å². The summed E-state index contributed by atoms with van der Waals surface area (Å²) in [5.41, 5.74) is 1.10. The maximum Gasteiger partial charge on any atom is 0.337 e. The smallest absolute Gasteiger partial charge is 0.337 e. The molecule has 0 saturated heterocycles. The summed E-state index contributed by atoms with van der Waals surface area (Å²) in [7, 11) is 0. The van der Waals surface area contributed by atoms with Gasteiger partial charge >= 0.3 is 12.0 Å². The van der Waals surface area contributed by atoms with Crippen molar-refractivity contribution >= 4 is 23.8 Å². The molecule has 0 saturated carbocycles. The first-order chi connectivity index (χ1) is 13.0. The average molecular weight is 391 g/mol. The molecular weight excluding hydrogens is 373 g/mol. The molecule has 1 aromatic carbocycles. The van der Waals surface area contributed by atoms with Gasteiger partial charge in [-0.1, -0.05) is 23.9 Å². The topological polar surface area (TPSA) is 109 Å². The van der Waals surface area contributed by atoms with Crippen LogP contribution in [-0.4, -0.2) is 45.6 Å². The van der Waals surface area contributed by atoms with Crippen LogP contribution in [0.5, 0.6) is 0 Å². The molecule has 2 aromatic rings. The van der Waals surface area contributed by atoms with Gasteiger partial charge in [0, 0.05) is 11.4 Å². The molecule has 142 valence electrons. The fourth-order valence-electron chi connectivity index (χ4n) is 2.61. The monoisotopic (exact) mass is 391 g/mol. The SMILES string of the molecule is CCOC(=O)C1=C(CSc2n[nH]c(-c3ccccc3F)n2)NC(=O)N[C@H]1C. The van der Waals surface area contributed by atoms with Gasteiger partial charge in [0.15, 0.2) is 5.82 Å². The second-order valence-electron chi connectivity index (χ2n) is 5.67. The Morgan fingerprint density at radius 2 is 2.15 bits per heavy atom. The highest BCUT2D eigenvalue weighted by atomic mass is 32.2. The molecule has 2 heterocycles. The Balaban J connectivity index is 1.78. The van der Waals surface area contributed by atoms with Crippen LogP contribution in [0.1, 0.15) is 13.8 Å². The first-order valence-electron chi connectivity index (χ1n) is 8.27. The van der Waals surface area contributed by atoms with Crippen molar-refractivity contribution in [1.82, 2.24) is 25.8 Å². The van der Waals surface area contributed by atoms with Crippen LogP contribution in [0.2, 0.25) is 0 Å². The van der Waals surface area contributed by atoms with E-state index >= 15 is 0 Å². The van der Waals surface area contributed by atoms with E-state index in [1.807, 2.05) is 0 Å². The number of aromatic amines is 1. The summed E-state index contributed by atoms with van der Waals surface area (Å²) in [6.45, 7) is 3.65. The van der Waals surface area contributed by atoms with Gasteiger partial charge in [0.1, 0.15) is 5.82 Å². The first-order valence-corrected chi connectivity index (χ1v) is 9.26. The van der Waals surface area contributed by atoms with Gasteiger partial charge in [-0.15, -0.1) is 5.10 Å². The van der Waals surface area contributed by atoms with Crippen LogP contribution >= 0.6 is 11.8 Å². The molecule has 10 heteroatoms. The van der Waals surface area contributed by atoms with E-state index in [-0.39, 0.29) is 12.4 Å². The Kier molecular flexibility index (Phi) is 5.75. The molecule has 0 bridgehead atoms. The second kappa shape index (κ2) is 8.21. The Hall–Kier alpha value is -2.88. The van der Waals surface area contributed by atoms with E-state index in [0.717, 1.165) is 0 Å². The van der Waals surface area contributed by atoms with Gasteiger partial charge in [-0.25, -0.2) is 19.0 Å². The van der Waals surface area contributed by atoms with Gasteiger partial charge in [0.2, 0.25) is 5.16 Å². The summed E-state index contributed by atoms with van der Waals surface area (Å²) in [5, 5.41) is 12.4. The lowest BCUT2D eigenvalue weighted by molar-refractivity contribution is -0.138.